The topological polar surface area (TPSA) is 58.4 Å². The van der Waals surface area contributed by atoms with Crippen LogP contribution in [0.5, 0.6) is 0 Å². The maximum Gasteiger partial charge on any atom is 0.228 e. The molecule has 2 fully saturated rings. The van der Waals surface area contributed by atoms with Crippen LogP contribution in [0.25, 0.3) is 11.0 Å². The number of hydrogen-bond acceptors (Lipinski definition) is 3. The second-order valence-corrected chi connectivity index (χ2v) is 9.83. The van der Waals surface area contributed by atoms with E-state index in [1.807, 2.05) is 35.2 Å². The van der Waals surface area contributed by atoms with Crippen LogP contribution in [-0.2, 0) is 16.1 Å². The highest BCUT2D eigenvalue weighted by molar-refractivity contribution is 9.10. The maximum atomic E-state index is 13.2. The van der Waals surface area contributed by atoms with E-state index in [2.05, 4.69) is 50.6 Å². The zero-order chi connectivity index (χ0) is 22.2. The number of halogens is 1. The van der Waals surface area contributed by atoms with E-state index in [9.17, 15) is 9.59 Å². The van der Waals surface area contributed by atoms with Crippen molar-refractivity contribution in [1.82, 2.24) is 14.5 Å². The van der Waals surface area contributed by atoms with Gasteiger partial charge in [-0.1, -0.05) is 34.1 Å². The third-order valence-corrected chi connectivity index (χ3v) is 7.30. The molecular formula is C25H27BrN4O2. The first-order valence-corrected chi connectivity index (χ1v) is 12.1. The minimum Gasteiger partial charge on any atom is -0.342 e. The molecule has 6 nitrogen and oxygen atoms in total. The van der Waals surface area contributed by atoms with E-state index in [-0.39, 0.29) is 17.7 Å². The van der Waals surface area contributed by atoms with E-state index in [1.54, 1.807) is 4.90 Å². The predicted molar refractivity (Wildman–Crippen MR) is 128 cm³/mol. The average molecular weight is 495 g/mol. The van der Waals surface area contributed by atoms with Crippen LogP contribution in [0.15, 0.2) is 53.0 Å². The smallest absolute Gasteiger partial charge is 0.228 e. The summed E-state index contributed by atoms with van der Waals surface area (Å²) in [6, 6.07) is 16.0. The van der Waals surface area contributed by atoms with Gasteiger partial charge in [-0.2, -0.15) is 0 Å². The molecule has 0 saturated carbocycles. The summed E-state index contributed by atoms with van der Waals surface area (Å²) < 4.78 is 3.24. The van der Waals surface area contributed by atoms with E-state index in [0.29, 0.717) is 18.9 Å². The van der Waals surface area contributed by atoms with Crippen LogP contribution in [0, 0.1) is 18.8 Å². The summed E-state index contributed by atoms with van der Waals surface area (Å²) in [5.74, 6) is 1.47. The fraction of sp³-hybridized carbons (Fsp3) is 0.400. The number of fused-ring (bicyclic) bond motifs is 1. The number of amides is 2. The molecule has 32 heavy (non-hydrogen) atoms. The molecule has 0 radical (unpaired) electrons. The normalized spacial score (nSPS) is 19.8. The quantitative estimate of drug-likeness (QED) is 0.539. The first kappa shape index (κ1) is 21.2. The van der Waals surface area contributed by atoms with E-state index in [0.717, 1.165) is 54.0 Å². The second kappa shape index (κ2) is 8.70. The first-order chi connectivity index (χ1) is 15.5. The Kier molecular flexibility index (Phi) is 5.76. The minimum absolute atomic E-state index is 0.0267. The molecule has 1 aromatic heterocycles. The molecule has 0 N–H and O–H groups in total. The number of benzene rings is 2. The lowest BCUT2D eigenvalue weighted by atomic mass is 9.95. The Morgan fingerprint density at radius 2 is 1.91 bits per heavy atom. The maximum absolute atomic E-state index is 13.2. The Morgan fingerprint density at radius 3 is 2.69 bits per heavy atom. The van der Waals surface area contributed by atoms with E-state index < -0.39 is 0 Å². The Balaban J connectivity index is 1.20. The minimum atomic E-state index is -0.252. The number of para-hydroxylation sites is 2. The van der Waals surface area contributed by atoms with Gasteiger partial charge in [-0.3, -0.25) is 9.59 Å². The summed E-state index contributed by atoms with van der Waals surface area (Å²) in [6.45, 7) is 4.99. The lowest BCUT2D eigenvalue weighted by Gasteiger charge is -2.34. The monoisotopic (exact) mass is 494 g/mol. The molecule has 7 heteroatoms. The number of piperidine rings is 1. The standard InChI is InChI=1S/C25H27BrN4O2/c1-17-27-22-7-2-3-8-23(22)29(17)15-18-9-11-28(12-10-18)25(32)19-13-24(31)30(16-19)21-6-4-5-20(26)14-21/h2-8,14,18-19H,9-13,15-16H2,1H3. The molecule has 2 aromatic carbocycles. The van der Waals surface area contributed by atoms with Crippen molar-refractivity contribution < 1.29 is 9.59 Å². The highest BCUT2D eigenvalue weighted by Gasteiger charge is 2.38. The summed E-state index contributed by atoms with van der Waals surface area (Å²) in [7, 11) is 0. The van der Waals surface area contributed by atoms with E-state index in [4.69, 9.17) is 0 Å². The summed E-state index contributed by atoms with van der Waals surface area (Å²) in [6.07, 6.45) is 2.26. The van der Waals surface area contributed by atoms with Gasteiger partial charge < -0.3 is 14.4 Å². The summed E-state index contributed by atoms with van der Waals surface area (Å²) in [4.78, 5) is 34.1. The molecule has 0 aliphatic carbocycles. The molecule has 5 rings (SSSR count). The van der Waals surface area contributed by atoms with E-state index >= 15 is 0 Å². The number of carbonyl (C=O) groups excluding carboxylic acids is 2. The van der Waals surface area contributed by atoms with Crippen LogP contribution in [0.1, 0.15) is 25.1 Å². The fourth-order valence-corrected chi connectivity index (χ4v) is 5.43. The van der Waals surface area contributed by atoms with Crippen LogP contribution < -0.4 is 4.90 Å². The number of aryl methyl sites for hydroxylation is 1. The van der Waals surface area contributed by atoms with Gasteiger partial charge in [0.2, 0.25) is 11.8 Å². The van der Waals surface area contributed by atoms with E-state index in [1.165, 1.54) is 5.52 Å². The van der Waals surface area contributed by atoms with Gasteiger partial charge >= 0.3 is 0 Å². The molecule has 0 bridgehead atoms. The van der Waals surface area contributed by atoms with Gasteiger partial charge in [-0.25, -0.2) is 4.98 Å². The second-order valence-electron chi connectivity index (χ2n) is 8.91. The number of imidazole rings is 1. The zero-order valence-corrected chi connectivity index (χ0v) is 19.8. The Morgan fingerprint density at radius 1 is 1.12 bits per heavy atom. The number of nitrogens with zero attached hydrogens (tertiary/aromatic N) is 4. The van der Waals surface area contributed by atoms with Gasteiger partial charge in [0.05, 0.1) is 17.0 Å². The van der Waals surface area contributed by atoms with Crippen molar-refractivity contribution in [3.05, 3.63) is 58.8 Å². The Bertz CT molecular complexity index is 1170. The van der Waals surface area contributed by atoms with Gasteiger partial charge in [0.25, 0.3) is 0 Å². The van der Waals surface area contributed by atoms with Crippen molar-refractivity contribution in [3.63, 3.8) is 0 Å². The van der Waals surface area contributed by atoms with Gasteiger partial charge in [0.15, 0.2) is 0 Å². The summed E-state index contributed by atoms with van der Waals surface area (Å²) in [5.41, 5.74) is 3.07. The highest BCUT2D eigenvalue weighted by Crippen LogP contribution is 2.30. The van der Waals surface area contributed by atoms with Crippen molar-refractivity contribution >= 4 is 44.5 Å². The molecule has 2 amide bonds. The van der Waals surface area contributed by atoms with Gasteiger partial charge in [-0.05, 0) is 56.0 Å². The molecule has 1 unspecified atom stereocenters. The van der Waals surface area contributed by atoms with Crippen LogP contribution in [0.4, 0.5) is 5.69 Å². The Labute approximate surface area is 196 Å². The summed E-state index contributed by atoms with van der Waals surface area (Å²) in [5, 5.41) is 0. The predicted octanol–water partition coefficient (Wildman–Crippen LogP) is 4.40. The van der Waals surface area contributed by atoms with Crippen LogP contribution in [0.2, 0.25) is 0 Å². The number of carbonyl (C=O) groups is 2. The van der Waals surface area contributed by atoms with Crippen LogP contribution in [0.3, 0.4) is 0 Å². The molecule has 2 saturated heterocycles. The molecule has 3 aromatic rings. The molecule has 166 valence electrons. The van der Waals surface area contributed by atoms with Crippen LogP contribution >= 0.6 is 15.9 Å². The third-order valence-electron chi connectivity index (χ3n) is 6.81. The SMILES string of the molecule is Cc1nc2ccccc2n1CC1CCN(C(=O)C2CC(=O)N(c3cccc(Br)c3)C2)CC1. The number of rotatable bonds is 4. The van der Waals surface area contributed by atoms with Crippen molar-refractivity contribution in [2.24, 2.45) is 11.8 Å². The molecule has 2 aliphatic heterocycles. The molecule has 3 heterocycles. The summed E-state index contributed by atoms with van der Waals surface area (Å²) >= 11 is 3.46. The van der Waals surface area contributed by atoms with Crippen molar-refractivity contribution in [2.45, 2.75) is 32.7 Å². The number of anilines is 1. The van der Waals surface area contributed by atoms with Gasteiger partial charge in [0, 0.05) is 42.8 Å². The fourth-order valence-electron chi connectivity index (χ4n) is 5.05. The lowest BCUT2D eigenvalue weighted by molar-refractivity contribution is -0.137. The molecule has 1 atom stereocenters. The van der Waals surface area contributed by atoms with Crippen LogP contribution in [-0.4, -0.2) is 45.9 Å². The molecular weight excluding hydrogens is 468 g/mol. The third kappa shape index (κ3) is 4.06. The number of hydrogen-bond donors (Lipinski definition) is 0. The van der Waals surface area contributed by atoms with Crippen molar-refractivity contribution in [1.29, 1.82) is 0 Å². The van der Waals surface area contributed by atoms with Gasteiger partial charge in [-0.15, -0.1) is 0 Å². The highest BCUT2D eigenvalue weighted by atomic mass is 79.9. The molecule has 2 aliphatic rings. The van der Waals surface area contributed by atoms with Crippen molar-refractivity contribution in [2.75, 3.05) is 24.5 Å². The van der Waals surface area contributed by atoms with Gasteiger partial charge in [0.1, 0.15) is 5.82 Å². The van der Waals surface area contributed by atoms with Crippen molar-refractivity contribution in [3.8, 4) is 0 Å². The lowest BCUT2D eigenvalue weighted by Crippen LogP contribution is -2.43. The average Bonchev–Trinajstić information content (AvgIpc) is 3.33. The number of aromatic nitrogens is 2. The first-order valence-electron chi connectivity index (χ1n) is 11.3. The number of likely N-dealkylation sites (tertiary alicyclic amines) is 1. The zero-order valence-electron chi connectivity index (χ0n) is 18.2. The molecule has 0 spiro atoms. The Hall–Kier alpha value is -2.67. The largest absolute Gasteiger partial charge is 0.342 e.